The van der Waals surface area contributed by atoms with Gasteiger partial charge in [-0.05, 0) is 56.8 Å². The first-order valence-electron chi connectivity index (χ1n) is 10.0. The standard InChI is InChI=1S/C22H36O3/c1-2-3-4-5-6-9-12-15-19-18-20(19)21(23)16-13-10-7-8-11-14-17-22(24)25/h7-9,12-13,16,19-21,23H,2-6,10-11,14-15,17-18H2,1H3,(H,24,25)/b8-7-,12-9-,16-13-/t19-,20-,21-/m1/s1. The van der Waals surface area contributed by atoms with Gasteiger partial charge in [0.15, 0.2) is 0 Å². The van der Waals surface area contributed by atoms with Gasteiger partial charge in [-0.2, -0.15) is 0 Å². The molecule has 3 atom stereocenters. The molecule has 0 bridgehead atoms. The summed E-state index contributed by atoms with van der Waals surface area (Å²) in [6.45, 7) is 2.24. The van der Waals surface area contributed by atoms with Crippen molar-refractivity contribution in [2.24, 2.45) is 11.8 Å². The molecular weight excluding hydrogens is 312 g/mol. The number of aliphatic hydroxyl groups excluding tert-OH is 1. The molecule has 0 aromatic heterocycles. The van der Waals surface area contributed by atoms with Gasteiger partial charge in [-0.15, -0.1) is 0 Å². The summed E-state index contributed by atoms with van der Waals surface area (Å²) >= 11 is 0. The van der Waals surface area contributed by atoms with Crippen LogP contribution in [0.1, 0.15) is 77.6 Å². The molecule has 1 saturated carbocycles. The molecule has 1 rings (SSSR count). The molecule has 0 spiro atoms. The molecule has 0 aromatic carbocycles. The van der Waals surface area contributed by atoms with Gasteiger partial charge in [-0.1, -0.05) is 62.6 Å². The Morgan fingerprint density at radius 3 is 2.56 bits per heavy atom. The average molecular weight is 349 g/mol. The van der Waals surface area contributed by atoms with Crippen LogP contribution in [0, 0.1) is 11.8 Å². The Kier molecular flexibility index (Phi) is 12.0. The molecule has 0 saturated heterocycles. The van der Waals surface area contributed by atoms with Crippen molar-refractivity contribution < 1.29 is 15.0 Å². The van der Waals surface area contributed by atoms with Crippen molar-refractivity contribution >= 4 is 5.97 Å². The van der Waals surface area contributed by atoms with E-state index >= 15 is 0 Å². The van der Waals surface area contributed by atoms with Crippen molar-refractivity contribution in [2.75, 3.05) is 0 Å². The van der Waals surface area contributed by atoms with Gasteiger partial charge in [0.25, 0.3) is 0 Å². The van der Waals surface area contributed by atoms with E-state index in [0.29, 0.717) is 18.3 Å². The molecule has 0 unspecified atom stereocenters. The molecule has 142 valence electrons. The van der Waals surface area contributed by atoms with Gasteiger partial charge in [0.1, 0.15) is 0 Å². The molecule has 0 heterocycles. The molecule has 1 fully saturated rings. The Morgan fingerprint density at radius 2 is 1.80 bits per heavy atom. The first-order valence-corrected chi connectivity index (χ1v) is 10.0. The van der Waals surface area contributed by atoms with Crippen LogP contribution in [0.3, 0.4) is 0 Å². The zero-order valence-corrected chi connectivity index (χ0v) is 15.8. The second-order valence-corrected chi connectivity index (χ2v) is 7.13. The topological polar surface area (TPSA) is 57.5 Å². The van der Waals surface area contributed by atoms with Crippen molar-refractivity contribution in [3.05, 3.63) is 36.5 Å². The predicted molar refractivity (Wildman–Crippen MR) is 105 cm³/mol. The second-order valence-electron chi connectivity index (χ2n) is 7.13. The zero-order valence-electron chi connectivity index (χ0n) is 15.8. The van der Waals surface area contributed by atoms with Crippen LogP contribution in [0.4, 0.5) is 0 Å². The number of rotatable bonds is 15. The highest BCUT2D eigenvalue weighted by Gasteiger charge is 2.40. The molecule has 0 radical (unpaired) electrons. The second kappa shape index (κ2) is 13.9. The van der Waals surface area contributed by atoms with E-state index in [0.717, 1.165) is 25.7 Å². The normalized spacial score (nSPS) is 21.5. The molecule has 0 aromatic rings. The van der Waals surface area contributed by atoms with Crippen molar-refractivity contribution in [3.8, 4) is 0 Å². The van der Waals surface area contributed by atoms with Crippen molar-refractivity contribution in [3.63, 3.8) is 0 Å². The lowest BCUT2D eigenvalue weighted by atomic mass is 10.1. The molecule has 3 nitrogen and oxygen atoms in total. The lowest BCUT2D eigenvalue weighted by Gasteiger charge is -2.03. The van der Waals surface area contributed by atoms with E-state index in [4.69, 9.17) is 5.11 Å². The number of hydrogen-bond donors (Lipinski definition) is 2. The molecule has 25 heavy (non-hydrogen) atoms. The number of carbonyl (C=O) groups is 1. The average Bonchev–Trinajstić information content (AvgIpc) is 3.35. The Bertz CT molecular complexity index is 437. The molecule has 0 aliphatic heterocycles. The van der Waals surface area contributed by atoms with E-state index < -0.39 is 5.97 Å². The molecule has 0 amide bonds. The van der Waals surface area contributed by atoms with Gasteiger partial charge in [0, 0.05) is 6.42 Å². The fraction of sp³-hybridized carbons (Fsp3) is 0.682. The number of unbranched alkanes of at least 4 members (excludes halogenated alkanes) is 5. The van der Waals surface area contributed by atoms with Gasteiger partial charge in [0.2, 0.25) is 0 Å². The summed E-state index contributed by atoms with van der Waals surface area (Å²) in [7, 11) is 0. The largest absolute Gasteiger partial charge is 0.481 e. The molecule has 1 aliphatic rings. The fourth-order valence-electron chi connectivity index (χ4n) is 3.06. The quantitative estimate of drug-likeness (QED) is 0.297. The third-order valence-electron chi connectivity index (χ3n) is 4.78. The van der Waals surface area contributed by atoms with Crippen molar-refractivity contribution in [1.82, 2.24) is 0 Å². The summed E-state index contributed by atoms with van der Waals surface area (Å²) < 4.78 is 0. The number of carboxylic acids is 1. The fourth-order valence-corrected chi connectivity index (χ4v) is 3.06. The maximum atomic E-state index is 10.4. The highest BCUT2D eigenvalue weighted by atomic mass is 16.4. The van der Waals surface area contributed by atoms with E-state index in [1.807, 2.05) is 24.3 Å². The highest BCUT2D eigenvalue weighted by molar-refractivity contribution is 5.66. The smallest absolute Gasteiger partial charge is 0.303 e. The summed E-state index contributed by atoms with van der Waals surface area (Å²) in [6.07, 6.45) is 23.5. The van der Waals surface area contributed by atoms with Gasteiger partial charge in [-0.25, -0.2) is 0 Å². The minimum atomic E-state index is -0.734. The number of carboxylic acid groups (broad SMARTS) is 1. The molecule has 3 heteroatoms. The first-order chi connectivity index (χ1) is 12.1. The molecule has 1 aliphatic carbocycles. The number of aliphatic hydroxyl groups is 1. The van der Waals surface area contributed by atoms with Crippen LogP contribution in [-0.2, 0) is 4.79 Å². The Hall–Kier alpha value is -1.35. The Balaban J connectivity index is 2.03. The van der Waals surface area contributed by atoms with E-state index in [1.54, 1.807) is 0 Å². The lowest BCUT2D eigenvalue weighted by molar-refractivity contribution is -0.137. The predicted octanol–water partition coefficient (Wildman–Crippen LogP) is 5.66. The summed E-state index contributed by atoms with van der Waals surface area (Å²) in [5, 5.41) is 18.7. The molecule has 2 N–H and O–H groups in total. The van der Waals surface area contributed by atoms with Crippen LogP contribution < -0.4 is 0 Å². The third-order valence-corrected chi connectivity index (χ3v) is 4.78. The monoisotopic (exact) mass is 348 g/mol. The van der Waals surface area contributed by atoms with Crippen LogP contribution in [0.5, 0.6) is 0 Å². The summed E-state index contributed by atoms with van der Waals surface area (Å²) in [5.41, 5.74) is 0. The minimum absolute atomic E-state index is 0.231. The maximum Gasteiger partial charge on any atom is 0.303 e. The maximum absolute atomic E-state index is 10.4. The van der Waals surface area contributed by atoms with E-state index in [-0.39, 0.29) is 12.5 Å². The van der Waals surface area contributed by atoms with E-state index in [9.17, 15) is 9.90 Å². The third kappa shape index (κ3) is 11.8. The number of hydrogen-bond acceptors (Lipinski definition) is 2. The highest BCUT2D eigenvalue weighted by Crippen LogP contribution is 2.44. The van der Waals surface area contributed by atoms with Crippen LogP contribution in [0.2, 0.25) is 0 Å². The van der Waals surface area contributed by atoms with E-state index in [2.05, 4.69) is 19.1 Å². The zero-order chi connectivity index (χ0) is 18.3. The first kappa shape index (κ1) is 21.7. The lowest BCUT2D eigenvalue weighted by Crippen LogP contribution is -2.06. The number of aliphatic carboxylic acids is 1. The minimum Gasteiger partial charge on any atom is -0.481 e. The van der Waals surface area contributed by atoms with Crippen LogP contribution in [-0.4, -0.2) is 22.3 Å². The SMILES string of the molecule is CCCCCC/C=C\C[C@@H]1C[C@H]1[C@H](O)/C=C\C/C=C\CCCC(=O)O. The van der Waals surface area contributed by atoms with Gasteiger partial charge in [-0.3, -0.25) is 4.79 Å². The summed E-state index contributed by atoms with van der Waals surface area (Å²) in [6, 6.07) is 0. The van der Waals surface area contributed by atoms with Gasteiger partial charge >= 0.3 is 5.97 Å². The van der Waals surface area contributed by atoms with Gasteiger partial charge in [0.05, 0.1) is 6.10 Å². The summed E-state index contributed by atoms with van der Waals surface area (Å²) in [5.74, 6) is 0.348. The van der Waals surface area contributed by atoms with Gasteiger partial charge < -0.3 is 10.2 Å². The van der Waals surface area contributed by atoms with E-state index in [1.165, 1.54) is 32.1 Å². The van der Waals surface area contributed by atoms with Crippen molar-refractivity contribution in [2.45, 2.75) is 83.7 Å². The Labute approximate surface area is 153 Å². The van der Waals surface area contributed by atoms with Crippen LogP contribution >= 0.6 is 0 Å². The molecular formula is C22H36O3. The summed E-state index contributed by atoms with van der Waals surface area (Å²) in [4.78, 5) is 10.4. The number of allylic oxidation sites excluding steroid dienone is 5. The van der Waals surface area contributed by atoms with Crippen LogP contribution in [0.15, 0.2) is 36.5 Å². The Morgan fingerprint density at radius 1 is 1.04 bits per heavy atom. The van der Waals surface area contributed by atoms with Crippen molar-refractivity contribution in [1.29, 1.82) is 0 Å². The van der Waals surface area contributed by atoms with Crippen LogP contribution in [0.25, 0.3) is 0 Å².